The first-order valence-electron chi connectivity index (χ1n) is 9.42. The van der Waals surface area contributed by atoms with Crippen LogP contribution in [0.15, 0.2) is 28.5 Å². The summed E-state index contributed by atoms with van der Waals surface area (Å²) in [6.45, 7) is 2.66. The first-order chi connectivity index (χ1) is 13.8. The number of ether oxygens (including phenoxy) is 1. The molecule has 0 saturated carbocycles. The molecule has 3 N–H and O–H groups in total. The number of pyridine rings is 1. The van der Waals surface area contributed by atoms with Crippen molar-refractivity contribution < 1.29 is 23.4 Å². The molecule has 0 radical (unpaired) electrons. The van der Waals surface area contributed by atoms with Crippen molar-refractivity contribution in [3.8, 4) is 5.75 Å². The number of carbonyl (C=O) groups is 1. The standard InChI is InChI=1S/C20H21F2N3O4/c1-10-9-29-19-16-12(18(26)13(20(27)28)8-25(10)16)6-14(21)17(19)24-4-2-11(3-5-24)15(22)7-23/h6,8,10H,2-5,7,9,23H2,1H3,(H,27,28)/t10-/m0/s1. The molecule has 2 aliphatic heterocycles. The molecule has 154 valence electrons. The van der Waals surface area contributed by atoms with E-state index in [9.17, 15) is 19.1 Å². The van der Waals surface area contributed by atoms with Crippen LogP contribution in [-0.2, 0) is 0 Å². The van der Waals surface area contributed by atoms with Crippen molar-refractivity contribution in [1.82, 2.24) is 4.57 Å². The molecule has 2 aromatic rings. The van der Waals surface area contributed by atoms with E-state index in [0.717, 1.165) is 6.07 Å². The topological polar surface area (TPSA) is 97.8 Å². The second-order valence-corrected chi connectivity index (χ2v) is 7.38. The highest BCUT2D eigenvalue weighted by Crippen LogP contribution is 2.43. The normalized spacial score (nSPS) is 18.7. The summed E-state index contributed by atoms with van der Waals surface area (Å²) in [5.74, 6) is -2.13. The number of anilines is 1. The molecule has 4 rings (SSSR count). The molecule has 1 fully saturated rings. The van der Waals surface area contributed by atoms with Crippen molar-refractivity contribution in [3.63, 3.8) is 0 Å². The van der Waals surface area contributed by atoms with Crippen LogP contribution in [0.4, 0.5) is 14.5 Å². The maximum absolute atomic E-state index is 15.1. The Morgan fingerprint density at radius 2 is 2.07 bits per heavy atom. The Morgan fingerprint density at radius 3 is 2.69 bits per heavy atom. The lowest BCUT2D eigenvalue weighted by Crippen LogP contribution is -2.34. The average Bonchev–Trinajstić information content (AvgIpc) is 2.71. The number of rotatable bonds is 3. The molecule has 1 saturated heterocycles. The van der Waals surface area contributed by atoms with E-state index >= 15 is 4.39 Å². The van der Waals surface area contributed by atoms with Crippen LogP contribution in [0.3, 0.4) is 0 Å². The number of hydrogen-bond donors (Lipinski definition) is 2. The second kappa shape index (κ2) is 7.14. The number of carboxylic acid groups (broad SMARTS) is 1. The molecule has 1 aromatic carbocycles. The third-order valence-corrected chi connectivity index (χ3v) is 5.62. The third kappa shape index (κ3) is 3.05. The highest BCUT2D eigenvalue weighted by molar-refractivity contribution is 5.97. The number of nitrogens with two attached hydrogens (primary N) is 1. The highest BCUT2D eigenvalue weighted by atomic mass is 19.1. The van der Waals surface area contributed by atoms with Gasteiger partial charge in [0.15, 0.2) is 11.6 Å². The Labute approximate surface area is 165 Å². The summed E-state index contributed by atoms with van der Waals surface area (Å²) in [6, 6.07) is 0.851. The molecule has 0 amide bonds. The van der Waals surface area contributed by atoms with Gasteiger partial charge < -0.3 is 25.0 Å². The molecule has 0 bridgehead atoms. The second-order valence-electron chi connectivity index (χ2n) is 7.38. The molecule has 9 heteroatoms. The fourth-order valence-electron chi connectivity index (χ4n) is 4.07. The van der Waals surface area contributed by atoms with E-state index in [4.69, 9.17) is 10.5 Å². The molecule has 1 atom stereocenters. The number of piperidine rings is 1. The Bertz CT molecular complexity index is 1100. The molecule has 0 aliphatic carbocycles. The van der Waals surface area contributed by atoms with E-state index in [-0.39, 0.29) is 41.8 Å². The minimum atomic E-state index is -1.36. The lowest BCUT2D eigenvalue weighted by molar-refractivity contribution is 0.0694. The van der Waals surface area contributed by atoms with Crippen LogP contribution in [0.1, 0.15) is 36.2 Å². The van der Waals surface area contributed by atoms with Crippen molar-refractivity contribution in [2.24, 2.45) is 5.73 Å². The van der Waals surface area contributed by atoms with E-state index in [2.05, 4.69) is 0 Å². The summed E-state index contributed by atoms with van der Waals surface area (Å²) in [5.41, 5.74) is 5.44. The highest BCUT2D eigenvalue weighted by Gasteiger charge is 2.31. The van der Waals surface area contributed by atoms with Gasteiger partial charge in [0.1, 0.15) is 23.7 Å². The van der Waals surface area contributed by atoms with Gasteiger partial charge in [-0.2, -0.15) is 0 Å². The van der Waals surface area contributed by atoms with Crippen LogP contribution in [0.2, 0.25) is 0 Å². The molecule has 0 unspecified atom stereocenters. The summed E-state index contributed by atoms with van der Waals surface area (Å²) in [4.78, 5) is 25.9. The maximum Gasteiger partial charge on any atom is 0.341 e. The predicted molar refractivity (Wildman–Crippen MR) is 104 cm³/mol. The zero-order chi connectivity index (χ0) is 20.9. The van der Waals surface area contributed by atoms with E-state index in [0.29, 0.717) is 37.0 Å². The number of benzene rings is 1. The van der Waals surface area contributed by atoms with Gasteiger partial charge in [-0.05, 0) is 31.4 Å². The monoisotopic (exact) mass is 405 g/mol. The number of aromatic carboxylic acids is 1. The van der Waals surface area contributed by atoms with Gasteiger partial charge in [0, 0.05) is 25.8 Å². The largest absolute Gasteiger partial charge is 0.487 e. The van der Waals surface area contributed by atoms with E-state index in [1.807, 2.05) is 6.92 Å². The lowest BCUT2D eigenvalue weighted by Gasteiger charge is -2.35. The predicted octanol–water partition coefficient (Wildman–Crippen LogP) is 2.57. The van der Waals surface area contributed by atoms with Crippen LogP contribution in [-0.4, -0.2) is 41.9 Å². The first kappa shape index (κ1) is 19.4. The molecular formula is C20H21F2N3O4. The van der Waals surface area contributed by atoms with Crippen molar-refractivity contribution >= 4 is 22.6 Å². The number of nitrogens with zero attached hydrogens (tertiary/aromatic N) is 2. The van der Waals surface area contributed by atoms with Gasteiger partial charge in [0.25, 0.3) is 0 Å². The van der Waals surface area contributed by atoms with Crippen molar-refractivity contribution in [2.45, 2.75) is 25.8 Å². The van der Waals surface area contributed by atoms with Crippen LogP contribution in [0.5, 0.6) is 5.75 Å². The first-order valence-corrected chi connectivity index (χ1v) is 9.42. The molecule has 2 aliphatic rings. The zero-order valence-corrected chi connectivity index (χ0v) is 15.9. The quantitative estimate of drug-likeness (QED) is 0.815. The van der Waals surface area contributed by atoms with Crippen LogP contribution >= 0.6 is 0 Å². The van der Waals surface area contributed by atoms with Gasteiger partial charge in [0.05, 0.1) is 16.9 Å². The summed E-state index contributed by atoms with van der Waals surface area (Å²) in [6.07, 6.45) is 2.13. The van der Waals surface area contributed by atoms with Crippen molar-refractivity contribution in [3.05, 3.63) is 45.3 Å². The van der Waals surface area contributed by atoms with Crippen molar-refractivity contribution in [1.29, 1.82) is 0 Å². The SMILES string of the molecule is C[C@H]1COc2c(N3CCC(=C(F)CN)CC3)c(F)cc3c(=O)c(C(=O)O)cn1c23. The minimum Gasteiger partial charge on any atom is -0.487 e. The number of hydrogen-bond acceptors (Lipinski definition) is 5. The summed E-state index contributed by atoms with van der Waals surface area (Å²) in [7, 11) is 0. The smallest absolute Gasteiger partial charge is 0.341 e. The van der Waals surface area contributed by atoms with Crippen LogP contribution in [0, 0.1) is 5.82 Å². The zero-order valence-electron chi connectivity index (χ0n) is 15.9. The number of carboxylic acids is 1. The van der Waals surface area contributed by atoms with Gasteiger partial charge in [-0.25, -0.2) is 13.6 Å². The maximum atomic E-state index is 15.1. The number of halogens is 2. The average molecular weight is 405 g/mol. The Morgan fingerprint density at radius 1 is 1.38 bits per heavy atom. The Kier molecular flexibility index (Phi) is 4.77. The Balaban J connectivity index is 1.88. The molecule has 29 heavy (non-hydrogen) atoms. The van der Waals surface area contributed by atoms with E-state index < -0.39 is 22.8 Å². The van der Waals surface area contributed by atoms with Gasteiger partial charge in [-0.15, -0.1) is 0 Å². The molecule has 1 aromatic heterocycles. The van der Waals surface area contributed by atoms with Gasteiger partial charge in [-0.3, -0.25) is 4.79 Å². The molecule has 7 nitrogen and oxygen atoms in total. The van der Waals surface area contributed by atoms with E-state index in [1.165, 1.54) is 6.20 Å². The summed E-state index contributed by atoms with van der Waals surface area (Å²) >= 11 is 0. The summed E-state index contributed by atoms with van der Waals surface area (Å²) in [5, 5.41) is 9.32. The summed E-state index contributed by atoms with van der Waals surface area (Å²) < 4.78 is 36.4. The van der Waals surface area contributed by atoms with Gasteiger partial charge in [0.2, 0.25) is 5.43 Å². The van der Waals surface area contributed by atoms with Crippen molar-refractivity contribution in [2.75, 3.05) is 31.1 Å². The fourth-order valence-corrected chi connectivity index (χ4v) is 4.07. The third-order valence-electron chi connectivity index (χ3n) is 5.62. The molecular weight excluding hydrogens is 384 g/mol. The van der Waals surface area contributed by atoms with Crippen LogP contribution in [0.25, 0.3) is 10.9 Å². The Hall–Kier alpha value is -2.94. The van der Waals surface area contributed by atoms with Gasteiger partial charge in [-0.1, -0.05) is 0 Å². The minimum absolute atomic E-state index is 0.0283. The van der Waals surface area contributed by atoms with E-state index in [1.54, 1.807) is 9.47 Å². The van der Waals surface area contributed by atoms with Crippen LogP contribution < -0.4 is 20.8 Å². The molecule has 3 heterocycles. The fraction of sp³-hybridized carbons (Fsp3) is 0.400. The number of aromatic nitrogens is 1. The molecule has 0 spiro atoms. The lowest BCUT2D eigenvalue weighted by atomic mass is 10.0. The van der Waals surface area contributed by atoms with Gasteiger partial charge >= 0.3 is 5.97 Å².